The van der Waals surface area contributed by atoms with Crippen molar-refractivity contribution in [1.29, 1.82) is 0 Å². The zero-order valence-corrected chi connectivity index (χ0v) is 16.5. The number of benzene rings is 3. The molecule has 0 spiro atoms. The van der Waals surface area contributed by atoms with Gasteiger partial charge < -0.3 is 0 Å². The van der Waals surface area contributed by atoms with Crippen LogP contribution in [0.1, 0.15) is 0 Å². The Morgan fingerprint density at radius 2 is 1.03 bits per heavy atom. The molecule has 0 aliphatic carbocycles. The molecule has 0 aliphatic rings. The van der Waals surface area contributed by atoms with Gasteiger partial charge in [-0.15, -0.1) is 0 Å². The Hall–Kier alpha value is -3.78. The first-order chi connectivity index (χ1) is 13.8. The fourth-order valence-electron chi connectivity index (χ4n) is 3.02. The predicted octanol–water partition coefficient (Wildman–Crippen LogP) is 1.81. The molecule has 0 heterocycles. The average Bonchev–Trinajstić information content (AvgIpc) is 2.73. The molecule has 10 nitrogen and oxygen atoms in total. The summed E-state index contributed by atoms with van der Waals surface area (Å²) in [5.74, 6) is 0. The number of hydrogen-bond donors (Lipinski definition) is 0. The van der Waals surface area contributed by atoms with Crippen molar-refractivity contribution < 1.29 is 18.5 Å². The van der Waals surface area contributed by atoms with Crippen molar-refractivity contribution in [2.75, 3.05) is 0 Å². The second kappa shape index (κ2) is 7.68. The Morgan fingerprint density at radius 1 is 0.586 bits per heavy atom. The monoisotopic (exact) mass is 457 g/mol. The van der Waals surface area contributed by atoms with E-state index in [2.05, 4.69) is 0 Å². The van der Waals surface area contributed by atoms with E-state index in [1.54, 1.807) is 36.4 Å². The topological polar surface area (TPSA) is 146 Å². The second-order valence-electron chi connectivity index (χ2n) is 5.85. The third kappa shape index (κ3) is 3.41. The van der Waals surface area contributed by atoms with Crippen LogP contribution in [0.15, 0.2) is 72.8 Å². The molecule has 11 heteroatoms. The summed E-state index contributed by atoms with van der Waals surface area (Å²) in [6, 6.07) is 17.6. The van der Waals surface area contributed by atoms with Crippen LogP contribution in [-0.4, -0.2) is 28.3 Å². The van der Waals surface area contributed by atoms with E-state index in [0.29, 0.717) is 0 Å². The summed E-state index contributed by atoms with van der Waals surface area (Å²) in [5, 5.41) is 34.5. The van der Waals surface area contributed by atoms with Crippen LogP contribution < -0.4 is 13.1 Å². The Labute approximate surface area is 165 Å². The molecule has 0 unspecified atom stereocenters. The summed E-state index contributed by atoms with van der Waals surface area (Å²) in [4.78, 5) is 31.2. The normalized spacial score (nSPS) is 11.0. The molecule has 29 heavy (non-hydrogen) atoms. The molecule has 0 N–H and O–H groups in total. The maximum atomic E-state index is 14.4. The van der Waals surface area contributed by atoms with Crippen molar-refractivity contribution >= 4 is 43.6 Å². The van der Waals surface area contributed by atoms with Crippen LogP contribution in [-0.2, 0) is 3.74 Å². The van der Waals surface area contributed by atoms with Gasteiger partial charge in [0, 0.05) is 0 Å². The van der Waals surface area contributed by atoms with Crippen molar-refractivity contribution in [3.05, 3.63) is 103 Å². The van der Waals surface area contributed by atoms with Crippen LogP contribution in [0.5, 0.6) is 0 Å². The SMILES string of the molecule is O=[N+]([O-])c1ccc([As](=O)(c2ccccc2)c2ccccc2)c([N+](=O)[O-])c1[N+](=O)[O-]. The zero-order valence-electron chi connectivity index (χ0n) is 14.6. The van der Waals surface area contributed by atoms with Gasteiger partial charge in [-0.2, -0.15) is 0 Å². The standard InChI is InChI=1S/C18H12AsN3O7/c23-19(13-7-3-1-4-8-13,14-9-5-2-6-10-14)15-11-12-16(20(24)25)18(22(28)29)17(15)21(26)27/h1-12H. The van der Waals surface area contributed by atoms with Gasteiger partial charge in [0.1, 0.15) is 0 Å². The van der Waals surface area contributed by atoms with Crippen LogP contribution in [0.25, 0.3) is 0 Å². The Balaban J connectivity index is 2.50. The van der Waals surface area contributed by atoms with Gasteiger partial charge >= 0.3 is 165 Å². The summed E-state index contributed by atoms with van der Waals surface area (Å²) in [7, 11) is 0. The number of nitro groups is 3. The van der Waals surface area contributed by atoms with Crippen molar-refractivity contribution in [3.8, 4) is 0 Å². The fourth-order valence-corrected chi connectivity index (χ4v) is 8.92. The van der Waals surface area contributed by atoms with Gasteiger partial charge in [-0.25, -0.2) is 0 Å². The molecule has 3 aromatic rings. The van der Waals surface area contributed by atoms with Gasteiger partial charge in [-0.1, -0.05) is 0 Å². The molecule has 0 aromatic heterocycles. The Bertz CT molecular complexity index is 1120. The summed E-state index contributed by atoms with van der Waals surface area (Å²) in [6.07, 6.45) is 0. The maximum absolute atomic E-state index is 14.4. The molecular weight excluding hydrogens is 445 g/mol. The molecule has 3 aromatic carbocycles. The van der Waals surface area contributed by atoms with E-state index in [-0.39, 0.29) is 13.1 Å². The summed E-state index contributed by atoms with van der Waals surface area (Å²) in [5.41, 5.74) is -3.45. The average molecular weight is 457 g/mol. The Kier molecular flexibility index (Phi) is 5.29. The molecule has 0 fully saturated rings. The molecule has 0 radical (unpaired) electrons. The van der Waals surface area contributed by atoms with Gasteiger partial charge in [0.05, 0.1) is 0 Å². The van der Waals surface area contributed by atoms with Crippen molar-refractivity contribution in [2.24, 2.45) is 0 Å². The number of nitro benzene ring substituents is 3. The van der Waals surface area contributed by atoms with Crippen molar-refractivity contribution in [2.45, 2.75) is 0 Å². The van der Waals surface area contributed by atoms with Gasteiger partial charge in [0.15, 0.2) is 0 Å². The molecule has 0 atom stereocenters. The molecular formula is C18H12AsN3O7. The van der Waals surface area contributed by atoms with Gasteiger partial charge in [-0.05, 0) is 0 Å². The predicted molar refractivity (Wildman–Crippen MR) is 105 cm³/mol. The minimum absolute atomic E-state index is 0.267. The van der Waals surface area contributed by atoms with Crippen LogP contribution in [0.3, 0.4) is 0 Å². The van der Waals surface area contributed by atoms with E-state index < -0.39 is 45.3 Å². The molecule has 0 saturated carbocycles. The molecule has 0 amide bonds. The first kappa shape index (κ1) is 20.0. The van der Waals surface area contributed by atoms with E-state index >= 15 is 0 Å². The molecule has 146 valence electrons. The summed E-state index contributed by atoms with van der Waals surface area (Å²) >= 11 is -4.80. The summed E-state index contributed by atoms with van der Waals surface area (Å²) in [6.45, 7) is 0. The van der Waals surface area contributed by atoms with E-state index in [0.717, 1.165) is 12.1 Å². The van der Waals surface area contributed by atoms with E-state index in [9.17, 15) is 34.1 Å². The van der Waals surface area contributed by atoms with Crippen LogP contribution in [0.4, 0.5) is 17.1 Å². The van der Waals surface area contributed by atoms with Crippen LogP contribution >= 0.6 is 0 Å². The number of hydrogen-bond acceptors (Lipinski definition) is 7. The zero-order chi connectivity index (χ0) is 21.2. The fraction of sp³-hybridized carbons (Fsp3) is 0. The van der Waals surface area contributed by atoms with Gasteiger partial charge in [0.2, 0.25) is 0 Å². The number of rotatable bonds is 6. The third-order valence-corrected chi connectivity index (χ3v) is 10.7. The van der Waals surface area contributed by atoms with E-state index in [1.165, 1.54) is 24.3 Å². The molecule has 0 bridgehead atoms. The Morgan fingerprint density at radius 3 is 1.41 bits per heavy atom. The third-order valence-electron chi connectivity index (χ3n) is 4.25. The van der Waals surface area contributed by atoms with E-state index in [4.69, 9.17) is 0 Å². The molecule has 0 aliphatic heterocycles. The van der Waals surface area contributed by atoms with Crippen molar-refractivity contribution in [3.63, 3.8) is 0 Å². The van der Waals surface area contributed by atoms with Gasteiger partial charge in [0.25, 0.3) is 0 Å². The van der Waals surface area contributed by atoms with Crippen LogP contribution in [0.2, 0.25) is 0 Å². The van der Waals surface area contributed by atoms with Crippen molar-refractivity contribution in [1.82, 2.24) is 0 Å². The first-order valence-electron chi connectivity index (χ1n) is 8.10. The first-order valence-corrected chi connectivity index (χ1v) is 11.7. The van der Waals surface area contributed by atoms with Crippen LogP contribution in [0, 0.1) is 30.3 Å². The molecule has 0 saturated heterocycles. The van der Waals surface area contributed by atoms with E-state index in [1.807, 2.05) is 0 Å². The van der Waals surface area contributed by atoms with Gasteiger partial charge in [-0.3, -0.25) is 0 Å². The minimum atomic E-state index is -4.80. The quantitative estimate of drug-likeness (QED) is 0.312. The second-order valence-corrected chi connectivity index (χ2v) is 11.6. The molecule has 3 rings (SSSR count). The number of nitrogens with zero attached hydrogens (tertiary/aromatic N) is 3. The summed E-state index contributed by atoms with van der Waals surface area (Å²) < 4.78 is 14.5.